The fraction of sp³-hybridized carbons (Fsp3) is 0.0588. The maximum absolute atomic E-state index is 11.0. The summed E-state index contributed by atoms with van der Waals surface area (Å²) in [7, 11) is 1.78. The molecule has 0 spiro atoms. The maximum atomic E-state index is 11.0. The van der Waals surface area contributed by atoms with Gasteiger partial charge in [-0.05, 0) is 30.3 Å². The minimum atomic E-state index is -0.987. The summed E-state index contributed by atoms with van der Waals surface area (Å²) in [6.07, 6.45) is 0. The van der Waals surface area contributed by atoms with Crippen LogP contribution in [0.4, 0.5) is 5.69 Å². The van der Waals surface area contributed by atoms with Crippen LogP contribution in [0.1, 0.15) is 15.9 Å². The molecule has 6 nitrogen and oxygen atoms in total. The van der Waals surface area contributed by atoms with Gasteiger partial charge in [0, 0.05) is 12.6 Å². The summed E-state index contributed by atoms with van der Waals surface area (Å²) in [6.45, 7) is 0. The van der Waals surface area contributed by atoms with E-state index in [1.54, 1.807) is 36.0 Å². The highest BCUT2D eigenvalue weighted by atomic mass is 32.1. The Morgan fingerprint density at radius 3 is 2.71 bits per heavy atom. The molecule has 0 unspecified atom stereocenters. The van der Waals surface area contributed by atoms with Crippen molar-refractivity contribution in [2.45, 2.75) is 0 Å². The molecule has 0 radical (unpaired) electrons. The summed E-state index contributed by atoms with van der Waals surface area (Å²) in [6, 6.07) is 15.7. The van der Waals surface area contributed by atoms with Crippen molar-refractivity contribution >= 4 is 23.0 Å². The molecule has 118 valence electrons. The predicted octanol–water partition coefficient (Wildman–Crippen LogP) is 2.95. The van der Waals surface area contributed by atoms with Crippen LogP contribution < -0.4 is 4.80 Å². The normalized spacial score (nSPS) is 11.2. The first-order chi connectivity index (χ1) is 11.6. The Morgan fingerprint density at radius 2 is 2.04 bits per heavy atom. The summed E-state index contributed by atoms with van der Waals surface area (Å²) >= 11 is 1.39. The molecular formula is C17H12N4O2S. The van der Waals surface area contributed by atoms with E-state index in [1.165, 1.54) is 23.5 Å². The van der Waals surface area contributed by atoms with Gasteiger partial charge in [-0.3, -0.25) is 0 Å². The average Bonchev–Trinajstić information content (AvgIpc) is 2.96. The lowest BCUT2D eigenvalue weighted by molar-refractivity contribution is 0.0697. The summed E-state index contributed by atoms with van der Waals surface area (Å²) in [5.74, 6) is -0.987. The van der Waals surface area contributed by atoms with Gasteiger partial charge in [0.2, 0.25) is 4.80 Å². The summed E-state index contributed by atoms with van der Waals surface area (Å²) < 4.78 is 1.64. The summed E-state index contributed by atoms with van der Waals surface area (Å²) in [5, 5.41) is 23.1. The average molecular weight is 336 g/mol. The zero-order valence-electron chi connectivity index (χ0n) is 12.7. The molecule has 0 bridgehead atoms. The molecule has 0 aliphatic rings. The van der Waals surface area contributed by atoms with Gasteiger partial charge in [-0.25, -0.2) is 14.5 Å². The highest BCUT2D eigenvalue weighted by Crippen LogP contribution is 2.20. The van der Waals surface area contributed by atoms with Crippen LogP contribution in [0.25, 0.3) is 10.6 Å². The van der Waals surface area contributed by atoms with Crippen molar-refractivity contribution in [2.75, 3.05) is 0 Å². The van der Waals surface area contributed by atoms with Crippen molar-refractivity contribution in [3.8, 4) is 16.6 Å². The van der Waals surface area contributed by atoms with E-state index in [0.717, 1.165) is 10.6 Å². The van der Waals surface area contributed by atoms with Crippen LogP contribution in [-0.4, -0.2) is 20.9 Å². The molecule has 0 atom stereocenters. The van der Waals surface area contributed by atoms with Gasteiger partial charge in [0.05, 0.1) is 22.9 Å². The Labute approximate surface area is 141 Å². The van der Waals surface area contributed by atoms with Crippen molar-refractivity contribution in [2.24, 2.45) is 12.0 Å². The van der Waals surface area contributed by atoms with Crippen molar-refractivity contribution < 1.29 is 9.90 Å². The molecule has 0 aliphatic carbocycles. The second-order valence-electron chi connectivity index (χ2n) is 4.97. The smallest absolute Gasteiger partial charge is 0.335 e. The Hall–Kier alpha value is -3.24. The van der Waals surface area contributed by atoms with Crippen LogP contribution >= 0.6 is 11.3 Å². The number of hydrogen-bond acceptors (Lipinski definition) is 5. The van der Waals surface area contributed by atoms with Crippen molar-refractivity contribution in [3.05, 3.63) is 64.5 Å². The number of benzene rings is 2. The lowest BCUT2D eigenvalue weighted by Gasteiger charge is -1.95. The zero-order valence-corrected chi connectivity index (χ0v) is 13.5. The van der Waals surface area contributed by atoms with E-state index in [-0.39, 0.29) is 5.56 Å². The van der Waals surface area contributed by atoms with Crippen LogP contribution in [0.2, 0.25) is 0 Å². The Bertz CT molecular complexity index is 1010. The second-order valence-corrected chi connectivity index (χ2v) is 5.93. The number of rotatable bonds is 3. The van der Waals surface area contributed by atoms with E-state index in [4.69, 9.17) is 10.4 Å². The quantitative estimate of drug-likeness (QED) is 0.796. The predicted molar refractivity (Wildman–Crippen MR) is 89.9 cm³/mol. The molecule has 3 aromatic rings. The zero-order chi connectivity index (χ0) is 17.1. The molecule has 24 heavy (non-hydrogen) atoms. The Morgan fingerprint density at radius 1 is 1.29 bits per heavy atom. The summed E-state index contributed by atoms with van der Waals surface area (Å²) in [5.41, 5.74) is 2.24. The molecule has 1 aromatic heterocycles. The molecule has 3 rings (SSSR count). The van der Waals surface area contributed by atoms with Gasteiger partial charge in [-0.1, -0.05) is 29.5 Å². The van der Waals surface area contributed by atoms with Crippen molar-refractivity contribution in [1.82, 2.24) is 9.78 Å². The third kappa shape index (κ3) is 3.24. The van der Waals surface area contributed by atoms with Crippen LogP contribution in [-0.2, 0) is 7.05 Å². The lowest BCUT2D eigenvalue weighted by atomic mass is 10.2. The lowest BCUT2D eigenvalue weighted by Crippen LogP contribution is -2.10. The third-order valence-electron chi connectivity index (χ3n) is 3.28. The molecule has 0 saturated heterocycles. The number of aromatic nitrogens is 2. The van der Waals surface area contributed by atoms with Crippen LogP contribution in [0.15, 0.2) is 53.5 Å². The van der Waals surface area contributed by atoms with E-state index in [1.807, 2.05) is 12.1 Å². The standard InChI is InChI=1S/C17H12N4O2S/c1-21-17(19-14-4-2-3-13(9-14)16(22)23)24-15(20-21)12-7-5-11(10-18)6-8-12/h2-9H,1H3,(H,22,23)/b19-17+. The molecule has 0 saturated carbocycles. The fourth-order valence-electron chi connectivity index (χ4n) is 2.07. The van der Waals surface area contributed by atoms with Crippen molar-refractivity contribution in [1.29, 1.82) is 5.26 Å². The molecule has 2 aromatic carbocycles. The number of nitriles is 1. The van der Waals surface area contributed by atoms with Gasteiger partial charge < -0.3 is 5.11 Å². The second kappa shape index (κ2) is 6.48. The Kier molecular flexibility index (Phi) is 4.22. The monoisotopic (exact) mass is 336 g/mol. The van der Waals surface area contributed by atoms with Gasteiger partial charge in [-0.2, -0.15) is 10.4 Å². The van der Waals surface area contributed by atoms with E-state index in [2.05, 4.69) is 16.2 Å². The molecule has 0 aliphatic heterocycles. The van der Waals surface area contributed by atoms with Gasteiger partial charge in [-0.15, -0.1) is 0 Å². The number of carboxylic acids is 1. The number of aromatic carboxylic acids is 1. The molecule has 7 heteroatoms. The number of hydrogen-bond donors (Lipinski definition) is 1. The minimum Gasteiger partial charge on any atom is -0.478 e. The van der Waals surface area contributed by atoms with Crippen LogP contribution in [0.3, 0.4) is 0 Å². The highest BCUT2D eigenvalue weighted by molar-refractivity contribution is 7.12. The van der Waals surface area contributed by atoms with E-state index < -0.39 is 5.97 Å². The Balaban J connectivity index is 2.01. The largest absolute Gasteiger partial charge is 0.478 e. The minimum absolute atomic E-state index is 0.190. The first-order valence-corrected chi connectivity index (χ1v) is 7.81. The number of aryl methyl sites for hydroxylation is 1. The first-order valence-electron chi connectivity index (χ1n) is 6.99. The van der Waals surface area contributed by atoms with Gasteiger partial charge in [0.15, 0.2) is 0 Å². The van der Waals surface area contributed by atoms with Gasteiger partial charge in [0.1, 0.15) is 5.01 Å². The molecule has 0 amide bonds. The van der Waals surface area contributed by atoms with Crippen LogP contribution in [0, 0.1) is 11.3 Å². The van der Waals surface area contributed by atoms with E-state index in [0.29, 0.717) is 16.1 Å². The third-order valence-corrected chi connectivity index (χ3v) is 4.33. The van der Waals surface area contributed by atoms with E-state index >= 15 is 0 Å². The maximum Gasteiger partial charge on any atom is 0.335 e. The van der Waals surface area contributed by atoms with Gasteiger partial charge in [0.25, 0.3) is 0 Å². The highest BCUT2D eigenvalue weighted by Gasteiger charge is 2.07. The topological polar surface area (TPSA) is 91.3 Å². The SMILES string of the molecule is Cn1nc(-c2ccc(C#N)cc2)s/c1=N/c1cccc(C(=O)O)c1. The fourth-order valence-corrected chi connectivity index (χ4v) is 2.98. The molecule has 0 fully saturated rings. The first kappa shape index (κ1) is 15.6. The van der Waals surface area contributed by atoms with Crippen LogP contribution in [0.5, 0.6) is 0 Å². The molecular weight excluding hydrogens is 324 g/mol. The number of nitrogens with zero attached hydrogens (tertiary/aromatic N) is 4. The van der Waals surface area contributed by atoms with Crippen molar-refractivity contribution in [3.63, 3.8) is 0 Å². The number of carbonyl (C=O) groups is 1. The molecule has 1 N–H and O–H groups in total. The van der Waals surface area contributed by atoms with Gasteiger partial charge >= 0.3 is 5.97 Å². The molecule has 1 heterocycles. The summed E-state index contributed by atoms with van der Waals surface area (Å²) in [4.78, 5) is 16.2. The number of carboxylic acid groups (broad SMARTS) is 1. The van der Waals surface area contributed by atoms with E-state index in [9.17, 15) is 4.79 Å².